The maximum Gasteiger partial charge on any atom is 0.250 e. The van der Waals surface area contributed by atoms with Gasteiger partial charge < -0.3 is 19.4 Å². The van der Waals surface area contributed by atoms with Gasteiger partial charge in [-0.2, -0.15) is 0 Å². The lowest BCUT2D eigenvalue weighted by Crippen LogP contribution is -2.26. The zero-order valence-electron chi connectivity index (χ0n) is 18.2. The third-order valence-corrected chi connectivity index (χ3v) is 5.91. The molecule has 0 fully saturated rings. The van der Waals surface area contributed by atoms with Crippen LogP contribution in [0.3, 0.4) is 0 Å². The summed E-state index contributed by atoms with van der Waals surface area (Å²) >= 11 is 6.12. The summed E-state index contributed by atoms with van der Waals surface area (Å²) in [4.78, 5) is 25.1. The SMILES string of the molecule is CCNC(=O)C[C@H]1O[C@@H](c2ccc(Cl)cc2)c2cc(OC)ccc2-c2cn(C)c(=O)cc21. The van der Waals surface area contributed by atoms with Gasteiger partial charge >= 0.3 is 0 Å². The van der Waals surface area contributed by atoms with Gasteiger partial charge in [0.2, 0.25) is 5.91 Å². The second kappa shape index (κ2) is 9.18. The largest absolute Gasteiger partial charge is 0.497 e. The van der Waals surface area contributed by atoms with Crippen LogP contribution in [0.2, 0.25) is 5.02 Å². The molecule has 0 saturated heterocycles. The first-order valence-corrected chi connectivity index (χ1v) is 10.9. The van der Waals surface area contributed by atoms with Gasteiger partial charge in [-0.05, 0) is 53.4 Å². The number of aryl methyl sites for hydroxylation is 1. The summed E-state index contributed by atoms with van der Waals surface area (Å²) in [5.74, 6) is 0.558. The standard InChI is InChI=1S/C25H25ClN2O4/c1-4-27-23(29)13-22-19-12-24(30)28(2)14-21(19)18-10-9-17(31-3)11-20(18)25(32-22)15-5-7-16(26)8-6-15/h5-12,14,22,25H,4,13H2,1-3H3,(H,27,29)/t22-,25+/m1/s1. The molecular formula is C25H25ClN2O4. The van der Waals surface area contributed by atoms with Gasteiger partial charge in [-0.25, -0.2) is 0 Å². The van der Waals surface area contributed by atoms with Crippen molar-refractivity contribution in [2.24, 2.45) is 7.05 Å². The Kier molecular flexibility index (Phi) is 6.35. The molecule has 1 amide bonds. The van der Waals surface area contributed by atoms with Crippen molar-refractivity contribution in [1.29, 1.82) is 0 Å². The molecule has 0 bridgehead atoms. The molecule has 0 aliphatic carbocycles. The zero-order valence-corrected chi connectivity index (χ0v) is 19.0. The molecule has 0 unspecified atom stereocenters. The Morgan fingerprint density at radius 3 is 2.56 bits per heavy atom. The summed E-state index contributed by atoms with van der Waals surface area (Å²) in [5.41, 5.74) is 4.11. The number of fused-ring (bicyclic) bond motifs is 3. The van der Waals surface area contributed by atoms with E-state index in [0.717, 1.165) is 22.3 Å². The molecule has 0 spiro atoms. The van der Waals surface area contributed by atoms with Crippen LogP contribution in [0.25, 0.3) is 11.1 Å². The zero-order chi connectivity index (χ0) is 22.8. The quantitative estimate of drug-likeness (QED) is 0.623. The highest BCUT2D eigenvalue weighted by Gasteiger charge is 2.32. The van der Waals surface area contributed by atoms with Gasteiger partial charge in [-0.15, -0.1) is 0 Å². The van der Waals surface area contributed by atoms with Crippen LogP contribution >= 0.6 is 11.6 Å². The molecule has 3 aromatic rings. The Balaban J connectivity index is 1.95. The average Bonchev–Trinajstić information content (AvgIpc) is 2.90. The molecule has 0 radical (unpaired) electrons. The molecule has 1 aliphatic rings. The number of aromatic nitrogens is 1. The van der Waals surface area contributed by atoms with Gasteiger partial charge in [0.15, 0.2) is 0 Å². The van der Waals surface area contributed by atoms with Crippen LogP contribution < -0.4 is 15.6 Å². The fraction of sp³-hybridized carbons (Fsp3) is 0.280. The first kappa shape index (κ1) is 22.1. The van der Waals surface area contributed by atoms with Gasteiger partial charge in [-0.1, -0.05) is 29.8 Å². The molecule has 2 heterocycles. The number of ether oxygens (including phenoxy) is 2. The van der Waals surface area contributed by atoms with Crippen LogP contribution in [-0.4, -0.2) is 24.1 Å². The monoisotopic (exact) mass is 452 g/mol. The van der Waals surface area contributed by atoms with Crippen molar-refractivity contribution in [2.75, 3.05) is 13.7 Å². The highest BCUT2D eigenvalue weighted by Crippen LogP contribution is 2.46. The Morgan fingerprint density at radius 1 is 1.12 bits per heavy atom. The first-order chi connectivity index (χ1) is 15.4. The number of rotatable bonds is 5. The van der Waals surface area contributed by atoms with Crippen LogP contribution in [0.1, 0.15) is 42.2 Å². The number of nitrogens with one attached hydrogen (secondary N) is 1. The van der Waals surface area contributed by atoms with Crippen molar-refractivity contribution in [3.8, 4) is 16.9 Å². The van der Waals surface area contributed by atoms with E-state index < -0.39 is 12.2 Å². The molecule has 4 rings (SSSR count). The first-order valence-electron chi connectivity index (χ1n) is 10.5. The van der Waals surface area contributed by atoms with E-state index in [0.29, 0.717) is 22.9 Å². The molecule has 0 saturated carbocycles. The fourth-order valence-corrected chi connectivity index (χ4v) is 4.19. The summed E-state index contributed by atoms with van der Waals surface area (Å²) in [6.45, 7) is 2.39. The number of benzene rings is 2. The van der Waals surface area contributed by atoms with Crippen molar-refractivity contribution in [1.82, 2.24) is 9.88 Å². The van der Waals surface area contributed by atoms with E-state index in [-0.39, 0.29) is 17.9 Å². The van der Waals surface area contributed by atoms with E-state index in [2.05, 4.69) is 5.32 Å². The van der Waals surface area contributed by atoms with Gasteiger partial charge in [0.05, 0.1) is 19.6 Å². The predicted molar refractivity (Wildman–Crippen MR) is 124 cm³/mol. The lowest BCUT2D eigenvalue weighted by molar-refractivity contribution is -0.124. The van der Waals surface area contributed by atoms with Crippen LogP contribution in [0, 0.1) is 0 Å². The van der Waals surface area contributed by atoms with E-state index in [1.807, 2.05) is 49.4 Å². The predicted octanol–water partition coefficient (Wildman–Crippen LogP) is 4.40. The summed E-state index contributed by atoms with van der Waals surface area (Å²) in [6.07, 6.45) is 0.818. The van der Waals surface area contributed by atoms with E-state index in [4.69, 9.17) is 21.1 Å². The van der Waals surface area contributed by atoms with Gasteiger partial charge in [0.25, 0.3) is 5.56 Å². The second-order valence-electron chi connectivity index (χ2n) is 7.76. The van der Waals surface area contributed by atoms with Crippen LogP contribution in [-0.2, 0) is 16.6 Å². The normalized spacial score (nSPS) is 17.1. The molecular weight excluding hydrogens is 428 g/mol. The number of amides is 1. The lowest BCUT2D eigenvalue weighted by atomic mass is 9.91. The smallest absolute Gasteiger partial charge is 0.250 e. The lowest BCUT2D eigenvalue weighted by Gasteiger charge is -2.24. The minimum Gasteiger partial charge on any atom is -0.497 e. The molecule has 1 N–H and O–H groups in total. The topological polar surface area (TPSA) is 69.6 Å². The molecule has 32 heavy (non-hydrogen) atoms. The van der Waals surface area contributed by atoms with E-state index in [9.17, 15) is 9.59 Å². The van der Waals surface area contributed by atoms with E-state index >= 15 is 0 Å². The number of hydrogen-bond donors (Lipinski definition) is 1. The molecule has 7 heteroatoms. The van der Waals surface area contributed by atoms with Crippen LogP contribution in [0.15, 0.2) is 59.5 Å². The van der Waals surface area contributed by atoms with Gasteiger partial charge in [0, 0.05) is 36.4 Å². The van der Waals surface area contributed by atoms with Crippen LogP contribution in [0.5, 0.6) is 5.75 Å². The maximum atomic E-state index is 12.5. The number of methoxy groups -OCH3 is 1. The summed E-state index contributed by atoms with van der Waals surface area (Å²) in [5, 5.41) is 3.46. The number of carbonyl (C=O) groups excluding carboxylic acids is 1. The number of halogens is 1. The molecule has 166 valence electrons. The van der Waals surface area contributed by atoms with Crippen molar-refractivity contribution in [2.45, 2.75) is 25.6 Å². The van der Waals surface area contributed by atoms with Gasteiger partial charge in [-0.3, -0.25) is 9.59 Å². The highest BCUT2D eigenvalue weighted by molar-refractivity contribution is 6.30. The van der Waals surface area contributed by atoms with Crippen LogP contribution in [0.4, 0.5) is 0 Å². The molecule has 2 atom stereocenters. The van der Waals surface area contributed by atoms with E-state index in [1.54, 1.807) is 31.0 Å². The maximum absolute atomic E-state index is 12.5. The van der Waals surface area contributed by atoms with Gasteiger partial charge in [0.1, 0.15) is 11.9 Å². The number of hydrogen-bond acceptors (Lipinski definition) is 4. The Labute approximate surface area is 191 Å². The van der Waals surface area contributed by atoms with Crippen molar-refractivity contribution in [3.63, 3.8) is 0 Å². The third kappa shape index (κ3) is 4.29. The third-order valence-electron chi connectivity index (χ3n) is 5.66. The molecule has 6 nitrogen and oxygen atoms in total. The molecule has 1 aromatic heterocycles. The minimum absolute atomic E-state index is 0.100. The second-order valence-corrected chi connectivity index (χ2v) is 8.20. The summed E-state index contributed by atoms with van der Waals surface area (Å²) in [6, 6.07) is 14.8. The summed E-state index contributed by atoms with van der Waals surface area (Å²) < 4.78 is 13.6. The minimum atomic E-state index is -0.607. The fourth-order valence-electron chi connectivity index (χ4n) is 4.07. The average molecular weight is 453 g/mol. The molecule has 2 aromatic carbocycles. The highest BCUT2D eigenvalue weighted by atomic mass is 35.5. The van der Waals surface area contributed by atoms with Crippen molar-refractivity contribution < 1.29 is 14.3 Å². The number of carbonyl (C=O) groups is 1. The number of nitrogens with zero attached hydrogens (tertiary/aromatic N) is 1. The number of pyridine rings is 1. The Hall–Kier alpha value is -3.09. The Bertz CT molecular complexity index is 1200. The van der Waals surface area contributed by atoms with Crippen molar-refractivity contribution >= 4 is 17.5 Å². The summed E-state index contributed by atoms with van der Waals surface area (Å²) in [7, 11) is 3.33. The van der Waals surface area contributed by atoms with Crippen molar-refractivity contribution in [3.05, 3.63) is 86.8 Å². The van der Waals surface area contributed by atoms with E-state index in [1.165, 1.54) is 0 Å². The Morgan fingerprint density at radius 2 is 1.88 bits per heavy atom. The molecule has 1 aliphatic heterocycles.